The summed E-state index contributed by atoms with van der Waals surface area (Å²) in [4.78, 5) is 25.3. The van der Waals surface area contributed by atoms with Crippen molar-refractivity contribution >= 4 is 17.6 Å². The van der Waals surface area contributed by atoms with Gasteiger partial charge < -0.3 is 0 Å². The summed E-state index contributed by atoms with van der Waals surface area (Å²) in [5.41, 5.74) is 5.89. The highest BCUT2D eigenvalue weighted by molar-refractivity contribution is 6.09. The molecule has 2 nitrogen and oxygen atoms in total. The van der Waals surface area contributed by atoms with Gasteiger partial charge in [0.25, 0.3) is 0 Å². The average molecular weight is 421 g/mol. The summed E-state index contributed by atoms with van der Waals surface area (Å²) < 4.78 is 0. The molecule has 32 heavy (non-hydrogen) atoms. The van der Waals surface area contributed by atoms with E-state index in [-0.39, 0.29) is 16.6 Å². The highest BCUT2D eigenvalue weighted by Crippen LogP contribution is 2.66. The van der Waals surface area contributed by atoms with Crippen molar-refractivity contribution < 1.29 is 9.59 Å². The number of Topliss-reactive ketones (excluding diaryl/α,β-unsaturated/α-hetero) is 1. The van der Waals surface area contributed by atoms with Crippen LogP contribution in [0.5, 0.6) is 0 Å². The summed E-state index contributed by atoms with van der Waals surface area (Å²) in [7, 11) is 0. The van der Waals surface area contributed by atoms with E-state index in [1.165, 1.54) is 11.1 Å². The Bertz CT molecular complexity index is 1230. The van der Waals surface area contributed by atoms with Gasteiger partial charge in [-0.15, -0.1) is 0 Å². The average Bonchev–Trinajstić information content (AvgIpc) is 3.10. The third-order valence-corrected chi connectivity index (χ3v) is 8.06. The number of ketones is 2. The maximum absolute atomic E-state index is 12.8. The van der Waals surface area contributed by atoms with Crippen LogP contribution in [0.2, 0.25) is 0 Å². The lowest BCUT2D eigenvalue weighted by molar-refractivity contribution is -0.127. The Morgan fingerprint density at radius 3 is 2.16 bits per heavy atom. The van der Waals surface area contributed by atoms with E-state index in [1.54, 1.807) is 0 Å². The molecule has 0 saturated heterocycles. The van der Waals surface area contributed by atoms with E-state index >= 15 is 0 Å². The molecule has 3 aromatic rings. The number of benzene rings is 3. The van der Waals surface area contributed by atoms with Crippen molar-refractivity contribution in [2.24, 2.45) is 16.7 Å². The molecule has 5 rings (SSSR count). The van der Waals surface area contributed by atoms with Gasteiger partial charge in [-0.2, -0.15) is 0 Å². The minimum absolute atomic E-state index is 0.0294. The zero-order chi connectivity index (χ0) is 22.5. The third-order valence-electron chi connectivity index (χ3n) is 8.06. The molecule has 2 atom stereocenters. The van der Waals surface area contributed by atoms with Crippen molar-refractivity contribution in [3.8, 4) is 11.1 Å². The lowest BCUT2D eigenvalue weighted by atomic mass is 9.70. The largest absolute Gasteiger partial charge is 0.299 e. The standard InChI is InChI=1S/C30H28O2/c1-29(2)26-18-27(31)30(29,3)19-25(26)16-20-12-14-21(15-13-20)23-10-7-11-24(17-23)28(32)22-8-5-4-6-9-22/h4-17,26H,18-19H2,1-3H3/b25-16-. The fourth-order valence-corrected chi connectivity index (χ4v) is 5.60. The summed E-state index contributed by atoms with van der Waals surface area (Å²) in [6.07, 6.45) is 3.83. The number of carbonyl (C=O) groups is 2. The second-order valence-corrected chi connectivity index (χ2v) is 10.0. The van der Waals surface area contributed by atoms with Crippen molar-refractivity contribution in [1.29, 1.82) is 0 Å². The van der Waals surface area contributed by atoms with Crippen LogP contribution >= 0.6 is 0 Å². The molecule has 0 aliphatic heterocycles. The molecule has 3 aromatic carbocycles. The van der Waals surface area contributed by atoms with Crippen molar-refractivity contribution in [2.75, 3.05) is 0 Å². The second kappa shape index (κ2) is 7.41. The zero-order valence-electron chi connectivity index (χ0n) is 18.9. The van der Waals surface area contributed by atoms with E-state index < -0.39 is 0 Å². The van der Waals surface area contributed by atoms with Gasteiger partial charge in [-0.3, -0.25) is 9.59 Å². The van der Waals surface area contributed by atoms with Gasteiger partial charge in [-0.25, -0.2) is 0 Å². The lowest BCUT2D eigenvalue weighted by Crippen LogP contribution is -2.32. The minimum Gasteiger partial charge on any atom is -0.299 e. The number of rotatable bonds is 4. The van der Waals surface area contributed by atoms with Crippen molar-refractivity contribution in [2.45, 2.75) is 33.6 Å². The van der Waals surface area contributed by atoms with Crippen LogP contribution in [0.4, 0.5) is 0 Å². The molecule has 0 heterocycles. The predicted molar refractivity (Wildman–Crippen MR) is 129 cm³/mol. The molecule has 2 fully saturated rings. The number of carbonyl (C=O) groups excluding carboxylic acids is 2. The van der Waals surface area contributed by atoms with Crippen LogP contribution < -0.4 is 0 Å². The van der Waals surface area contributed by atoms with Crippen LogP contribution in [-0.4, -0.2) is 11.6 Å². The Kier molecular flexibility index (Phi) is 4.78. The fourth-order valence-electron chi connectivity index (χ4n) is 5.60. The molecule has 2 bridgehead atoms. The number of hydrogen-bond acceptors (Lipinski definition) is 2. The molecule has 2 aliphatic rings. The quantitative estimate of drug-likeness (QED) is 0.426. The van der Waals surface area contributed by atoms with Crippen molar-refractivity contribution in [3.63, 3.8) is 0 Å². The molecule has 2 saturated carbocycles. The Hall–Kier alpha value is -3.26. The normalized spacial score (nSPS) is 24.8. The van der Waals surface area contributed by atoms with E-state index in [9.17, 15) is 9.59 Å². The second-order valence-electron chi connectivity index (χ2n) is 10.0. The molecule has 2 unspecified atom stereocenters. The zero-order valence-corrected chi connectivity index (χ0v) is 18.9. The number of fused-ring (bicyclic) bond motifs is 2. The van der Waals surface area contributed by atoms with Crippen LogP contribution in [0.3, 0.4) is 0 Å². The Labute approximate surface area is 190 Å². The van der Waals surface area contributed by atoms with E-state index in [4.69, 9.17) is 0 Å². The molecule has 0 radical (unpaired) electrons. The maximum Gasteiger partial charge on any atom is 0.193 e. The van der Waals surface area contributed by atoms with Gasteiger partial charge in [0.1, 0.15) is 5.78 Å². The summed E-state index contributed by atoms with van der Waals surface area (Å²) in [5, 5.41) is 0. The Morgan fingerprint density at radius 1 is 0.844 bits per heavy atom. The highest BCUT2D eigenvalue weighted by Gasteiger charge is 2.63. The summed E-state index contributed by atoms with van der Waals surface area (Å²) in [6, 6.07) is 25.7. The topological polar surface area (TPSA) is 34.1 Å². The van der Waals surface area contributed by atoms with Crippen LogP contribution in [0.25, 0.3) is 17.2 Å². The number of allylic oxidation sites excluding steroid dienone is 1. The lowest BCUT2D eigenvalue weighted by Gasteiger charge is -2.31. The maximum atomic E-state index is 12.8. The summed E-state index contributed by atoms with van der Waals surface area (Å²) >= 11 is 0. The Balaban J connectivity index is 1.39. The van der Waals surface area contributed by atoms with Crippen LogP contribution in [-0.2, 0) is 4.79 Å². The molecular formula is C30H28O2. The molecule has 0 amide bonds. The molecule has 2 heteroatoms. The van der Waals surface area contributed by atoms with Crippen molar-refractivity contribution in [3.05, 3.63) is 101 Å². The molecule has 0 spiro atoms. The molecule has 0 aromatic heterocycles. The van der Waals surface area contributed by atoms with Gasteiger partial charge in [0.05, 0.1) is 0 Å². The smallest absolute Gasteiger partial charge is 0.193 e. The predicted octanol–water partition coefficient (Wildman–Crippen LogP) is 6.99. The summed E-state index contributed by atoms with van der Waals surface area (Å²) in [5.74, 6) is 0.807. The van der Waals surface area contributed by atoms with E-state index in [0.29, 0.717) is 29.2 Å². The van der Waals surface area contributed by atoms with Gasteiger partial charge in [0.15, 0.2) is 5.78 Å². The molecule has 2 aliphatic carbocycles. The monoisotopic (exact) mass is 420 g/mol. The Morgan fingerprint density at radius 2 is 1.53 bits per heavy atom. The SMILES string of the molecule is CC12C/C(=C/c3ccc(-c4cccc(C(=O)c5ccccc5)c4)cc3)C(CC1=O)C2(C)C. The van der Waals surface area contributed by atoms with Crippen LogP contribution in [0.15, 0.2) is 84.4 Å². The first-order chi connectivity index (χ1) is 15.3. The first-order valence-corrected chi connectivity index (χ1v) is 11.3. The van der Waals surface area contributed by atoms with Gasteiger partial charge in [0.2, 0.25) is 0 Å². The van der Waals surface area contributed by atoms with Crippen LogP contribution in [0.1, 0.15) is 55.1 Å². The first kappa shape index (κ1) is 20.6. The molecule has 0 N–H and O–H groups in total. The molecule has 160 valence electrons. The van der Waals surface area contributed by atoms with Gasteiger partial charge in [0, 0.05) is 23.0 Å². The summed E-state index contributed by atoms with van der Waals surface area (Å²) in [6.45, 7) is 6.63. The van der Waals surface area contributed by atoms with Crippen molar-refractivity contribution in [1.82, 2.24) is 0 Å². The first-order valence-electron chi connectivity index (χ1n) is 11.3. The van der Waals surface area contributed by atoms with Gasteiger partial charge >= 0.3 is 0 Å². The minimum atomic E-state index is -0.227. The molecular weight excluding hydrogens is 392 g/mol. The highest BCUT2D eigenvalue weighted by atomic mass is 16.1. The fraction of sp³-hybridized carbons (Fsp3) is 0.267. The van der Waals surface area contributed by atoms with E-state index in [1.807, 2.05) is 54.6 Å². The van der Waals surface area contributed by atoms with Gasteiger partial charge in [-0.05, 0) is 40.5 Å². The van der Waals surface area contributed by atoms with Gasteiger partial charge in [-0.1, -0.05) is 105 Å². The van der Waals surface area contributed by atoms with E-state index in [2.05, 4.69) is 51.1 Å². The number of hydrogen-bond donors (Lipinski definition) is 0. The van der Waals surface area contributed by atoms with Crippen LogP contribution in [0, 0.1) is 16.7 Å². The third kappa shape index (κ3) is 3.17. The van der Waals surface area contributed by atoms with E-state index in [0.717, 1.165) is 17.5 Å².